The first kappa shape index (κ1) is 24.2. The zero-order chi connectivity index (χ0) is 21.9. The van der Waals surface area contributed by atoms with Crippen molar-refractivity contribution in [2.24, 2.45) is 0 Å². The van der Waals surface area contributed by atoms with Gasteiger partial charge in [-0.3, -0.25) is 4.79 Å². The smallest absolute Gasteiger partial charge is 0.202 e. The van der Waals surface area contributed by atoms with Gasteiger partial charge in [0.1, 0.15) is 22.6 Å². The van der Waals surface area contributed by atoms with Crippen LogP contribution in [0.15, 0.2) is 47.0 Å². The van der Waals surface area contributed by atoms with Gasteiger partial charge in [0.15, 0.2) is 5.75 Å². The van der Waals surface area contributed by atoms with Crippen LogP contribution in [0.5, 0.6) is 17.2 Å². The Bertz CT molecular complexity index is 932. The Hall–Kier alpha value is -2.03. The molecule has 2 aromatic carbocycles. The third kappa shape index (κ3) is 8.77. The van der Waals surface area contributed by atoms with Gasteiger partial charge in [0.2, 0.25) is 5.78 Å². The topological polar surface area (TPSA) is 44.8 Å². The van der Waals surface area contributed by atoms with Crippen molar-refractivity contribution in [1.29, 1.82) is 0 Å². The Morgan fingerprint density at radius 2 is 1.60 bits per heavy atom. The largest absolute Gasteiger partial charge is 0.493 e. The molecule has 0 unspecified atom stereocenters. The molecule has 4 nitrogen and oxygen atoms in total. The first-order valence-corrected chi connectivity index (χ1v) is 10.4. The fraction of sp³-hybridized carbons (Fsp3) is 0.227. The Kier molecular flexibility index (Phi) is 10.2. The molecular weight excluding hydrogens is 470 g/mol. The van der Waals surface area contributed by atoms with Crippen molar-refractivity contribution in [3.63, 3.8) is 0 Å². The van der Waals surface area contributed by atoms with Gasteiger partial charge in [0.25, 0.3) is 0 Å². The van der Waals surface area contributed by atoms with Gasteiger partial charge in [-0.1, -0.05) is 52.3 Å². The van der Waals surface area contributed by atoms with E-state index in [0.717, 1.165) is 5.56 Å². The second kappa shape index (κ2) is 12.6. The molecule has 0 spiro atoms. The summed E-state index contributed by atoms with van der Waals surface area (Å²) in [5, 5.41) is 0.670. The quantitative estimate of drug-likeness (QED) is 0.300. The number of hydrogen-bond donors (Lipinski definition) is 0. The maximum atomic E-state index is 10.9. The van der Waals surface area contributed by atoms with Crippen molar-refractivity contribution in [3.05, 3.63) is 62.6 Å². The number of ketones is 1. The summed E-state index contributed by atoms with van der Waals surface area (Å²) in [6.07, 6.45) is 2.12. The fourth-order valence-corrected chi connectivity index (χ4v) is 2.88. The molecule has 0 N–H and O–H groups in total. The summed E-state index contributed by atoms with van der Waals surface area (Å²) in [6, 6.07) is 10.4. The van der Waals surface area contributed by atoms with Crippen LogP contribution in [-0.4, -0.2) is 25.6 Å². The van der Waals surface area contributed by atoms with Crippen molar-refractivity contribution < 1.29 is 19.0 Å². The Morgan fingerprint density at radius 3 is 2.20 bits per heavy atom. The monoisotopic (exact) mass is 486 g/mol. The van der Waals surface area contributed by atoms with E-state index in [1.54, 1.807) is 36.4 Å². The summed E-state index contributed by atoms with van der Waals surface area (Å²) in [6.45, 7) is 2.43. The second-order valence-electron chi connectivity index (χ2n) is 5.90. The molecule has 0 heterocycles. The molecule has 2 aromatic rings. The first-order chi connectivity index (χ1) is 14.3. The minimum atomic E-state index is -0.175. The molecule has 0 aromatic heterocycles. The van der Waals surface area contributed by atoms with E-state index in [1.807, 2.05) is 0 Å². The van der Waals surface area contributed by atoms with E-state index in [-0.39, 0.29) is 16.9 Å². The molecular formula is C22H18Cl4O4. The summed E-state index contributed by atoms with van der Waals surface area (Å²) in [4.78, 5) is 10.9. The van der Waals surface area contributed by atoms with Crippen molar-refractivity contribution in [2.75, 3.05) is 19.8 Å². The van der Waals surface area contributed by atoms with Gasteiger partial charge in [0, 0.05) is 31.0 Å². The van der Waals surface area contributed by atoms with Crippen LogP contribution in [0.4, 0.5) is 0 Å². The van der Waals surface area contributed by atoms with Crippen LogP contribution in [0.2, 0.25) is 10.0 Å². The van der Waals surface area contributed by atoms with Crippen molar-refractivity contribution in [1.82, 2.24) is 0 Å². The van der Waals surface area contributed by atoms with E-state index in [2.05, 4.69) is 11.8 Å². The third-order valence-corrected chi connectivity index (χ3v) is 4.37. The normalized spacial score (nSPS) is 9.90. The highest BCUT2D eigenvalue weighted by Crippen LogP contribution is 2.37. The van der Waals surface area contributed by atoms with E-state index in [4.69, 9.17) is 60.6 Å². The van der Waals surface area contributed by atoms with Crippen molar-refractivity contribution >= 4 is 52.2 Å². The number of hydrogen-bond acceptors (Lipinski definition) is 4. The molecule has 0 bridgehead atoms. The number of carbonyl (C=O) groups is 1. The number of Topliss-reactive ketones (excluding diaryl/α,β-unsaturated/α-hetero) is 1. The lowest BCUT2D eigenvalue weighted by Crippen LogP contribution is -2.05. The molecule has 0 aliphatic heterocycles. The van der Waals surface area contributed by atoms with Crippen LogP contribution in [0.3, 0.4) is 0 Å². The van der Waals surface area contributed by atoms with Gasteiger partial charge < -0.3 is 14.2 Å². The summed E-state index contributed by atoms with van der Waals surface area (Å²) < 4.78 is 16.9. The summed E-state index contributed by atoms with van der Waals surface area (Å²) in [5.74, 6) is 6.65. The fourth-order valence-electron chi connectivity index (χ4n) is 2.18. The molecule has 0 atom stereocenters. The standard InChI is InChI=1S/C22H18Cl4O4/c1-15(27)3-4-16-5-7-17(8-6-16)28-10-2-11-30-22-19(23)13-18(14-20(22)24)29-12-9-21(25)26/h5-9,13-14H,2,10-12H2,1H3. The lowest BCUT2D eigenvalue weighted by molar-refractivity contribution is -0.111. The predicted molar refractivity (Wildman–Crippen MR) is 121 cm³/mol. The van der Waals surface area contributed by atoms with Crippen LogP contribution in [0, 0.1) is 11.8 Å². The van der Waals surface area contributed by atoms with Crippen LogP contribution in [0.25, 0.3) is 0 Å². The molecule has 0 radical (unpaired) electrons. The summed E-state index contributed by atoms with van der Waals surface area (Å²) in [5.41, 5.74) is 0.749. The van der Waals surface area contributed by atoms with E-state index < -0.39 is 0 Å². The zero-order valence-corrected chi connectivity index (χ0v) is 19.0. The SMILES string of the molecule is CC(=O)C#Cc1ccc(OCCCOc2c(Cl)cc(OCC=C(Cl)Cl)cc2Cl)cc1. The van der Waals surface area contributed by atoms with Gasteiger partial charge in [-0.05, 0) is 36.3 Å². The van der Waals surface area contributed by atoms with Crippen molar-refractivity contribution in [2.45, 2.75) is 13.3 Å². The molecule has 0 aliphatic carbocycles. The molecule has 0 saturated carbocycles. The van der Waals surface area contributed by atoms with E-state index in [9.17, 15) is 4.79 Å². The predicted octanol–water partition coefficient (Wildman–Crippen LogP) is 6.48. The molecule has 0 saturated heterocycles. The van der Waals surface area contributed by atoms with Gasteiger partial charge in [-0.15, -0.1) is 0 Å². The van der Waals surface area contributed by atoms with Gasteiger partial charge in [-0.25, -0.2) is 0 Å². The zero-order valence-electron chi connectivity index (χ0n) is 16.0. The highest BCUT2D eigenvalue weighted by atomic mass is 35.5. The minimum absolute atomic E-state index is 0.118. The number of rotatable bonds is 9. The van der Waals surface area contributed by atoms with Crippen molar-refractivity contribution in [3.8, 4) is 29.1 Å². The van der Waals surface area contributed by atoms with Crippen LogP contribution in [0.1, 0.15) is 18.9 Å². The van der Waals surface area contributed by atoms with E-state index in [0.29, 0.717) is 46.9 Å². The van der Waals surface area contributed by atoms with E-state index >= 15 is 0 Å². The maximum Gasteiger partial charge on any atom is 0.202 e. The van der Waals surface area contributed by atoms with Gasteiger partial charge in [0.05, 0.1) is 23.3 Å². The van der Waals surface area contributed by atoms with Crippen LogP contribution in [-0.2, 0) is 4.79 Å². The summed E-state index contributed by atoms with van der Waals surface area (Å²) >= 11 is 23.5. The maximum absolute atomic E-state index is 10.9. The molecule has 30 heavy (non-hydrogen) atoms. The van der Waals surface area contributed by atoms with Gasteiger partial charge in [-0.2, -0.15) is 0 Å². The lowest BCUT2D eigenvalue weighted by Gasteiger charge is -2.12. The Balaban J connectivity index is 1.78. The molecule has 8 heteroatoms. The van der Waals surface area contributed by atoms with Gasteiger partial charge >= 0.3 is 0 Å². The summed E-state index contributed by atoms with van der Waals surface area (Å²) in [7, 11) is 0. The number of halogens is 4. The van der Waals surface area contributed by atoms with E-state index in [1.165, 1.54) is 13.0 Å². The number of ether oxygens (including phenoxy) is 3. The highest BCUT2D eigenvalue weighted by Gasteiger charge is 2.10. The average molecular weight is 488 g/mol. The second-order valence-corrected chi connectivity index (χ2v) is 7.72. The third-order valence-electron chi connectivity index (χ3n) is 3.50. The lowest BCUT2D eigenvalue weighted by atomic mass is 10.2. The minimum Gasteiger partial charge on any atom is -0.493 e. The number of benzene rings is 2. The van der Waals surface area contributed by atoms with Crippen LogP contribution < -0.4 is 14.2 Å². The first-order valence-electron chi connectivity index (χ1n) is 8.86. The Labute approximate surface area is 195 Å². The Morgan fingerprint density at radius 1 is 0.967 bits per heavy atom. The highest BCUT2D eigenvalue weighted by molar-refractivity contribution is 6.55. The molecule has 2 rings (SSSR count). The average Bonchev–Trinajstić information content (AvgIpc) is 2.68. The number of carbonyl (C=O) groups excluding carboxylic acids is 1. The van der Waals surface area contributed by atoms with Crippen LogP contribution >= 0.6 is 46.4 Å². The molecule has 0 aliphatic rings. The molecule has 158 valence electrons. The molecule has 0 amide bonds. The molecule has 0 fully saturated rings.